The Hall–Kier alpha value is -2.72. The summed E-state index contributed by atoms with van der Waals surface area (Å²) >= 11 is 0. The van der Waals surface area contributed by atoms with Crippen molar-refractivity contribution in [3.63, 3.8) is 0 Å². The van der Waals surface area contributed by atoms with E-state index in [1.807, 2.05) is 5.48 Å². The molecule has 0 aliphatic heterocycles. The Balaban J connectivity index is 7.27. The van der Waals surface area contributed by atoms with E-state index in [-0.39, 0.29) is 23.7 Å². The summed E-state index contributed by atoms with van der Waals surface area (Å²) in [5.41, 5.74) is 21.8. The van der Waals surface area contributed by atoms with Crippen LogP contribution in [0.15, 0.2) is 4.99 Å². The van der Waals surface area contributed by atoms with Gasteiger partial charge in [0.1, 0.15) is 0 Å². The Labute approximate surface area is 207 Å². The molecule has 0 aliphatic rings. The molecule has 0 aliphatic carbocycles. The molecule has 3 unspecified atom stereocenters. The number of hydrogen-bond donors (Lipinski definition) is 8. The third-order valence-electron chi connectivity index (χ3n) is 4.00. The molecule has 0 heterocycles. The number of nitrogens with one attached hydrogen (secondary N) is 2. The van der Waals surface area contributed by atoms with Gasteiger partial charge in [-0.15, -0.1) is 0 Å². The van der Waals surface area contributed by atoms with Crippen LogP contribution < -0.4 is 28.4 Å². The molecule has 0 radical (unpaired) electrons. The molecule has 36 heavy (non-hydrogen) atoms. The normalized spacial score (nSPS) is 16.6. The van der Waals surface area contributed by atoms with Crippen molar-refractivity contribution in [1.29, 1.82) is 5.41 Å². The summed E-state index contributed by atoms with van der Waals surface area (Å²) in [7, 11) is 1.92. The number of carbonyl (C=O) groups is 2. The van der Waals surface area contributed by atoms with Crippen molar-refractivity contribution in [3.05, 3.63) is 0 Å². The lowest BCUT2D eigenvalue weighted by molar-refractivity contribution is -0.480. The molecule has 0 saturated heterocycles. The van der Waals surface area contributed by atoms with Crippen molar-refractivity contribution in [1.82, 2.24) is 15.9 Å². The number of carboxylic acid groups (broad SMARTS) is 1. The highest BCUT2D eigenvalue weighted by atomic mass is 17.0. The first-order valence-electron chi connectivity index (χ1n) is 10.4. The van der Waals surface area contributed by atoms with E-state index in [0.717, 1.165) is 14.2 Å². The van der Waals surface area contributed by atoms with Gasteiger partial charge in [0.05, 0.1) is 19.8 Å². The zero-order valence-corrected chi connectivity index (χ0v) is 21.0. The van der Waals surface area contributed by atoms with E-state index in [1.54, 1.807) is 6.92 Å². The van der Waals surface area contributed by atoms with E-state index in [9.17, 15) is 19.9 Å². The number of hydrogen-bond acceptors (Lipinski definition) is 14. The lowest BCUT2D eigenvalue weighted by Crippen LogP contribution is -2.77. The van der Waals surface area contributed by atoms with Gasteiger partial charge in [0.15, 0.2) is 11.8 Å². The molecule has 0 rings (SSSR count). The van der Waals surface area contributed by atoms with Crippen molar-refractivity contribution in [2.45, 2.75) is 57.5 Å². The molecule has 1 amide bonds. The van der Waals surface area contributed by atoms with Crippen LogP contribution in [-0.4, -0.2) is 95.3 Å². The van der Waals surface area contributed by atoms with Crippen LogP contribution in [0.3, 0.4) is 0 Å². The largest absolute Gasteiger partial charge is 0.477 e. The fourth-order valence-electron chi connectivity index (χ4n) is 2.60. The summed E-state index contributed by atoms with van der Waals surface area (Å²) in [6, 6.07) is 0. The summed E-state index contributed by atoms with van der Waals surface area (Å²) < 4.78 is 10.4. The van der Waals surface area contributed by atoms with Gasteiger partial charge in [0, 0.05) is 13.7 Å². The van der Waals surface area contributed by atoms with E-state index >= 15 is 0 Å². The number of methoxy groups -OCH3 is 1. The SMILES string of the molecule is CCCON(O)C(=O)C(N)(NOC)N(OC(C)C)OC(N=C(N)N)(C(=N)N)C(OC)(OCC)C(=O)O. The summed E-state index contributed by atoms with van der Waals surface area (Å²) in [6.07, 6.45) is -0.468. The molecule has 0 bridgehead atoms. The number of hydroxylamine groups is 5. The third-order valence-corrected chi connectivity index (χ3v) is 4.00. The zero-order valence-electron chi connectivity index (χ0n) is 21.0. The number of aliphatic carboxylic acids is 1. The molecule has 12 N–H and O–H groups in total. The minimum Gasteiger partial charge on any atom is -0.477 e. The van der Waals surface area contributed by atoms with Crippen LogP contribution >= 0.6 is 0 Å². The number of carbonyl (C=O) groups excluding carboxylic acids is 1. The second-order valence-electron chi connectivity index (χ2n) is 7.14. The molecule has 19 heteroatoms. The Morgan fingerprint density at radius 2 is 1.78 bits per heavy atom. The van der Waals surface area contributed by atoms with Gasteiger partial charge in [-0.2, -0.15) is 5.48 Å². The Bertz CT molecular complexity index is 784. The highest BCUT2D eigenvalue weighted by molar-refractivity contribution is 5.96. The number of amidine groups is 1. The van der Waals surface area contributed by atoms with Gasteiger partial charge in [0.25, 0.3) is 5.79 Å². The molecule has 0 aromatic heterocycles. The number of nitrogens with zero attached hydrogens (tertiary/aromatic N) is 3. The van der Waals surface area contributed by atoms with Crippen molar-refractivity contribution in [2.75, 3.05) is 27.4 Å². The predicted molar refractivity (Wildman–Crippen MR) is 121 cm³/mol. The fraction of sp³-hybridized carbons (Fsp3) is 0.765. The fourth-order valence-corrected chi connectivity index (χ4v) is 2.60. The molecule has 0 aromatic rings. The summed E-state index contributed by atoms with van der Waals surface area (Å²) in [6.45, 7) is 5.53. The Morgan fingerprint density at radius 3 is 2.14 bits per heavy atom. The van der Waals surface area contributed by atoms with Crippen LogP contribution in [-0.2, 0) is 38.4 Å². The standard InChI is InChI=1S/C17H37N9O10/c1-7-9-34-25(30)12(27)17(22,24-32-6)26(35-10(3)4)36-15(11(18)19,23-14(20)21)16(31-5,13(28)29)33-8-2/h10,24,30H,7-9,22H2,1-6H3,(H3,18,19)(H,28,29)(H4,20,21,23). The summed E-state index contributed by atoms with van der Waals surface area (Å²) in [5, 5.41) is 28.2. The van der Waals surface area contributed by atoms with E-state index < -0.39 is 47.1 Å². The first-order chi connectivity index (χ1) is 16.6. The van der Waals surface area contributed by atoms with Gasteiger partial charge in [-0.1, -0.05) is 12.2 Å². The second-order valence-corrected chi connectivity index (χ2v) is 7.14. The minimum atomic E-state index is -3.12. The number of carboxylic acids is 1. The average molecular weight is 528 g/mol. The van der Waals surface area contributed by atoms with Crippen LogP contribution in [0.2, 0.25) is 0 Å². The maximum atomic E-state index is 13.1. The number of amides is 1. The van der Waals surface area contributed by atoms with E-state index in [1.165, 1.54) is 20.8 Å². The van der Waals surface area contributed by atoms with Crippen molar-refractivity contribution in [2.24, 2.45) is 27.9 Å². The summed E-state index contributed by atoms with van der Waals surface area (Å²) in [5.74, 6) is -11.4. The molecule has 19 nitrogen and oxygen atoms in total. The molecule has 210 valence electrons. The highest BCUT2D eigenvalue weighted by Gasteiger charge is 2.67. The van der Waals surface area contributed by atoms with Crippen molar-refractivity contribution in [3.8, 4) is 0 Å². The Morgan fingerprint density at radius 1 is 1.19 bits per heavy atom. The van der Waals surface area contributed by atoms with Crippen LogP contribution in [0, 0.1) is 5.41 Å². The maximum absolute atomic E-state index is 13.1. The monoisotopic (exact) mass is 527 g/mol. The minimum absolute atomic E-state index is 0.112. The molecule has 3 atom stereocenters. The first-order valence-corrected chi connectivity index (χ1v) is 10.4. The molecule has 0 spiro atoms. The van der Waals surface area contributed by atoms with Crippen LogP contribution in [0.1, 0.15) is 34.1 Å². The topological polar surface area (TPSA) is 289 Å². The van der Waals surface area contributed by atoms with Crippen molar-refractivity contribution >= 4 is 23.7 Å². The highest BCUT2D eigenvalue weighted by Crippen LogP contribution is 2.36. The van der Waals surface area contributed by atoms with Gasteiger partial charge in [-0.25, -0.2) is 19.5 Å². The molecule has 0 fully saturated rings. The second kappa shape index (κ2) is 14.1. The van der Waals surface area contributed by atoms with Crippen molar-refractivity contribution < 1.29 is 48.7 Å². The zero-order chi connectivity index (χ0) is 28.3. The van der Waals surface area contributed by atoms with Gasteiger partial charge >= 0.3 is 23.4 Å². The van der Waals surface area contributed by atoms with Gasteiger partial charge < -0.3 is 36.6 Å². The number of guanidine groups is 1. The lowest BCUT2D eigenvalue weighted by Gasteiger charge is -2.46. The number of ether oxygens (including phenoxy) is 2. The molecule has 0 aromatic carbocycles. The lowest BCUT2D eigenvalue weighted by atomic mass is 10.0. The number of aliphatic imine (C=N–C) groups is 1. The quantitative estimate of drug-likeness (QED) is 0.0294. The maximum Gasteiger partial charge on any atom is 0.370 e. The van der Waals surface area contributed by atoms with Crippen LogP contribution in [0.25, 0.3) is 0 Å². The first kappa shape index (κ1) is 33.3. The van der Waals surface area contributed by atoms with E-state index in [0.29, 0.717) is 6.42 Å². The smallest absolute Gasteiger partial charge is 0.370 e. The average Bonchev–Trinajstić information content (AvgIpc) is 2.78. The number of nitrogens with two attached hydrogens (primary N) is 4. The summed E-state index contributed by atoms with van der Waals surface area (Å²) in [4.78, 5) is 49.8. The predicted octanol–water partition coefficient (Wildman–Crippen LogP) is -2.75. The van der Waals surface area contributed by atoms with E-state index in [4.69, 9.17) is 57.2 Å². The van der Waals surface area contributed by atoms with Crippen LogP contribution in [0.4, 0.5) is 0 Å². The van der Waals surface area contributed by atoms with E-state index in [2.05, 4.69) is 4.99 Å². The van der Waals surface area contributed by atoms with Gasteiger partial charge in [-0.3, -0.25) is 26.0 Å². The molecule has 0 saturated carbocycles. The van der Waals surface area contributed by atoms with Gasteiger partial charge in [0.2, 0.25) is 0 Å². The third kappa shape index (κ3) is 7.16. The van der Waals surface area contributed by atoms with Gasteiger partial charge in [-0.05, 0) is 32.4 Å². The number of rotatable bonds is 18. The Kier molecular flexibility index (Phi) is 13.1. The molecular weight excluding hydrogens is 490 g/mol. The van der Waals surface area contributed by atoms with Crippen LogP contribution in [0.5, 0.6) is 0 Å². The molecular formula is C17H37N9O10.